The van der Waals surface area contributed by atoms with Crippen molar-refractivity contribution < 1.29 is 35.1 Å². The number of carbonyl (C=O) groups is 1. The van der Waals surface area contributed by atoms with Crippen molar-refractivity contribution in [2.75, 3.05) is 6.61 Å². The summed E-state index contributed by atoms with van der Waals surface area (Å²) in [7, 11) is 0. The lowest BCUT2D eigenvalue weighted by molar-refractivity contribution is -0.232. The number of ether oxygens (including phenoxy) is 1. The first-order chi connectivity index (χ1) is 23.8. The van der Waals surface area contributed by atoms with Gasteiger partial charge in [-0.1, -0.05) is 181 Å². The van der Waals surface area contributed by atoms with Crippen LogP contribution in [0, 0.1) is 0 Å². The van der Waals surface area contributed by atoms with Gasteiger partial charge in [0.05, 0.1) is 24.9 Å². The lowest BCUT2D eigenvalue weighted by Crippen LogP contribution is -2.60. The fourth-order valence-electron chi connectivity index (χ4n) is 7.27. The van der Waals surface area contributed by atoms with E-state index in [1.807, 2.05) is 0 Å². The number of carbonyl (C=O) groups excluding carboxylic acids is 1. The van der Waals surface area contributed by atoms with Gasteiger partial charge in [-0.05, 0) is 19.3 Å². The third-order valence-corrected chi connectivity index (χ3v) is 10.6. The summed E-state index contributed by atoms with van der Waals surface area (Å²) in [5, 5.41) is 54.3. The minimum absolute atomic E-state index is 0.0849. The molecule has 6 N–H and O–H groups in total. The lowest BCUT2D eigenvalue weighted by Gasteiger charge is -2.41. The highest BCUT2D eigenvalue weighted by Gasteiger charge is 2.44. The molecule has 1 aliphatic rings. The molecule has 0 aromatic heterocycles. The van der Waals surface area contributed by atoms with Gasteiger partial charge in [0.15, 0.2) is 0 Å². The van der Waals surface area contributed by atoms with E-state index in [4.69, 9.17) is 4.74 Å². The molecule has 292 valence electrons. The fourth-order valence-corrected chi connectivity index (χ4v) is 7.27. The van der Waals surface area contributed by atoms with Gasteiger partial charge >= 0.3 is 0 Å². The van der Waals surface area contributed by atoms with E-state index in [0.717, 1.165) is 44.9 Å². The maximum absolute atomic E-state index is 12.9. The molecule has 0 spiro atoms. The number of hydrogen-bond acceptors (Lipinski definition) is 7. The van der Waals surface area contributed by atoms with Crippen molar-refractivity contribution in [2.24, 2.45) is 0 Å². The standard InChI is InChI=1S/C41H81NO7/c1-3-5-7-9-10-11-12-13-14-15-16-17-18-19-20-21-22-23-24-25-26-27-29-31-38(45)42-34(35(44)30-28-8-6-4-2)32-36-39(46)41(48)40(47)37(33-43)49-36/h34-37,39-41,43-44,46-48H,3-33H2,1-2H3,(H,42,45)/t34-,35-,36?,37-,39+,40+,41-/m1/s1. The van der Waals surface area contributed by atoms with Crippen molar-refractivity contribution in [3.05, 3.63) is 0 Å². The predicted octanol–water partition coefficient (Wildman–Crippen LogP) is 8.42. The molecule has 1 rings (SSSR count). The van der Waals surface area contributed by atoms with Gasteiger partial charge in [-0.25, -0.2) is 0 Å². The van der Waals surface area contributed by atoms with E-state index >= 15 is 0 Å². The molecule has 0 radical (unpaired) electrons. The Labute approximate surface area is 301 Å². The second-order valence-electron chi connectivity index (χ2n) is 15.2. The van der Waals surface area contributed by atoms with Crippen molar-refractivity contribution in [2.45, 2.75) is 249 Å². The second-order valence-corrected chi connectivity index (χ2v) is 15.2. The van der Waals surface area contributed by atoms with Crippen molar-refractivity contribution in [3.8, 4) is 0 Å². The highest BCUT2D eigenvalue weighted by atomic mass is 16.5. The third kappa shape index (κ3) is 23.4. The summed E-state index contributed by atoms with van der Waals surface area (Å²) in [6.45, 7) is 3.91. The quantitative estimate of drug-likeness (QED) is 0.0371. The molecule has 0 aromatic carbocycles. The van der Waals surface area contributed by atoms with Crippen LogP contribution in [0.3, 0.4) is 0 Å². The molecule has 0 aromatic rings. The molecular formula is C41H81NO7. The van der Waals surface area contributed by atoms with Gasteiger partial charge < -0.3 is 35.6 Å². The van der Waals surface area contributed by atoms with Crippen LogP contribution in [0.25, 0.3) is 0 Å². The molecule has 1 saturated heterocycles. The first kappa shape index (κ1) is 46.3. The van der Waals surface area contributed by atoms with Crippen molar-refractivity contribution >= 4 is 5.91 Å². The van der Waals surface area contributed by atoms with Gasteiger partial charge in [-0.3, -0.25) is 4.79 Å². The predicted molar refractivity (Wildman–Crippen MR) is 202 cm³/mol. The average Bonchev–Trinajstić information content (AvgIpc) is 3.10. The Bertz CT molecular complexity index is 739. The number of hydrogen-bond donors (Lipinski definition) is 6. The Morgan fingerprint density at radius 3 is 1.33 bits per heavy atom. The average molecular weight is 700 g/mol. The molecule has 0 aliphatic carbocycles. The molecule has 0 saturated carbocycles. The van der Waals surface area contributed by atoms with Gasteiger partial charge in [0.25, 0.3) is 0 Å². The van der Waals surface area contributed by atoms with Crippen molar-refractivity contribution in [3.63, 3.8) is 0 Å². The Morgan fingerprint density at radius 2 is 0.918 bits per heavy atom. The summed E-state index contributed by atoms with van der Waals surface area (Å²) in [6, 6.07) is -0.653. The highest BCUT2D eigenvalue weighted by Crippen LogP contribution is 2.26. The van der Waals surface area contributed by atoms with Gasteiger partial charge in [0.1, 0.15) is 24.4 Å². The normalized spacial score (nSPS) is 22.3. The van der Waals surface area contributed by atoms with Gasteiger partial charge in [-0.15, -0.1) is 0 Å². The van der Waals surface area contributed by atoms with Gasteiger partial charge in [0, 0.05) is 6.42 Å². The first-order valence-corrected chi connectivity index (χ1v) is 21.1. The number of unbranched alkanes of at least 4 members (excludes halogenated alkanes) is 25. The van der Waals surface area contributed by atoms with Crippen LogP contribution in [0.1, 0.15) is 206 Å². The fraction of sp³-hybridized carbons (Fsp3) is 0.976. The summed E-state index contributed by atoms with van der Waals surface area (Å²) >= 11 is 0. The zero-order chi connectivity index (χ0) is 36.0. The van der Waals surface area contributed by atoms with Crippen LogP contribution < -0.4 is 5.32 Å². The van der Waals surface area contributed by atoms with E-state index in [0.29, 0.717) is 12.8 Å². The van der Waals surface area contributed by atoms with E-state index in [9.17, 15) is 30.3 Å². The first-order valence-electron chi connectivity index (χ1n) is 21.1. The molecule has 1 unspecified atom stereocenters. The lowest BCUT2D eigenvalue weighted by atomic mass is 9.89. The third-order valence-electron chi connectivity index (χ3n) is 10.6. The summed E-state index contributed by atoms with van der Waals surface area (Å²) in [5.74, 6) is -0.134. The van der Waals surface area contributed by atoms with Crippen LogP contribution in [0.15, 0.2) is 0 Å². The largest absolute Gasteiger partial charge is 0.394 e. The molecule has 8 heteroatoms. The van der Waals surface area contributed by atoms with E-state index in [1.54, 1.807) is 0 Å². The summed E-state index contributed by atoms with van der Waals surface area (Å²) in [6.07, 6.45) is 28.5. The summed E-state index contributed by atoms with van der Waals surface area (Å²) in [4.78, 5) is 12.9. The molecular weight excluding hydrogens is 618 g/mol. The maximum Gasteiger partial charge on any atom is 0.220 e. The number of aliphatic hydroxyl groups is 5. The topological polar surface area (TPSA) is 139 Å². The molecule has 7 atom stereocenters. The molecule has 0 bridgehead atoms. The van der Waals surface area contributed by atoms with Crippen LogP contribution in [0.2, 0.25) is 0 Å². The molecule has 49 heavy (non-hydrogen) atoms. The summed E-state index contributed by atoms with van der Waals surface area (Å²) in [5.41, 5.74) is 0. The molecule has 1 heterocycles. The van der Waals surface area contributed by atoms with E-state index < -0.39 is 49.3 Å². The SMILES string of the molecule is CCCCCCCCCCCCCCCCCCCCCCCCCC(=O)N[C@H](CC1O[C@H](CO)[C@H](O)[C@H](O)[C@H]1O)[C@H](O)CCCCCC. The van der Waals surface area contributed by atoms with Crippen LogP contribution in [0.4, 0.5) is 0 Å². The van der Waals surface area contributed by atoms with E-state index in [2.05, 4.69) is 19.2 Å². The number of amides is 1. The van der Waals surface area contributed by atoms with E-state index in [-0.39, 0.29) is 12.3 Å². The van der Waals surface area contributed by atoms with Gasteiger partial charge in [-0.2, -0.15) is 0 Å². The Balaban J connectivity index is 2.11. The Hall–Kier alpha value is -0.770. The van der Waals surface area contributed by atoms with Crippen molar-refractivity contribution in [1.82, 2.24) is 5.32 Å². The van der Waals surface area contributed by atoms with E-state index in [1.165, 1.54) is 128 Å². The maximum atomic E-state index is 12.9. The zero-order valence-electron chi connectivity index (χ0n) is 32.0. The molecule has 1 fully saturated rings. The Morgan fingerprint density at radius 1 is 0.551 bits per heavy atom. The van der Waals surface area contributed by atoms with Crippen LogP contribution in [-0.4, -0.2) is 80.7 Å². The highest BCUT2D eigenvalue weighted by molar-refractivity contribution is 5.76. The minimum atomic E-state index is -1.47. The second kappa shape index (κ2) is 31.9. The minimum Gasteiger partial charge on any atom is -0.394 e. The zero-order valence-corrected chi connectivity index (χ0v) is 32.0. The van der Waals surface area contributed by atoms with Crippen molar-refractivity contribution in [1.29, 1.82) is 0 Å². The van der Waals surface area contributed by atoms with Crippen LogP contribution in [-0.2, 0) is 9.53 Å². The number of nitrogens with one attached hydrogen (secondary N) is 1. The summed E-state index contributed by atoms with van der Waals surface area (Å²) < 4.78 is 5.68. The smallest absolute Gasteiger partial charge is 0.220 e. The molecule has 8 nitrogen and oxygen atoms in total. The molecule has 1 aliphatic heterocycles. The van der Waals surface area contributed by atoms with Crippen LogP contribution in [0.5, 0.6) is 0 Å². The number of aliphatic hydroxyl groups excluding tert-OH is 5. The Kier molecular flexibility index (Phi) is 30.1. The molecule has 1 amide bonds. The monoisotopic (exact) mass is 700 g/mol. The number of rotatable bonds is 34. The van der Waals surface area contributed by atoms with Crippen LogP contribution >= 0.6 is 0 Å². The van der Waals surface area contributed by atoms with Gasteiger partial charge in [0.2, 0.25) is 5.91 Å².